The lowest BCUT2D eigenvalue weighted by Crippen LogP contribution is -2.37. The van der Waals surface area contributed by atoms with Crippen LogP contribution in [0.3, 0.4) is 0 Å². The number of ether oxygens (including phenoxy) is 3. The highest BCUT2D eigenvalue weighted by molar-refractivity contribution is 7.92. The summed E-state index contributed by atoms with van der Waals surface area (Å²) in [5, 5.41) is 26.8. The van der Waals surface area contributed by atoms with Gasteiger partial charge in [-0.25, -0.2) is 23.0 Å². The Balaban J connectivity index is 1.30. The monoisotopic (exact) mass is 668 g/mol. The molecule has 1 aliphatic carbocycles. The number of aromatic amines is 1. The van der Waals surface area contributed by atoms with E-state index < -0.39 is 14.9 Å². The van der Waals surface area contributed by atoms with Crippen molar-refractivity contribution in [3.05, 3.63) is 64.6 Å². The Labute approximate surface area is 271 Å². The third-order valence-corrected chi connectivity index (χ3v) is 9.66. The van der Waals surface area contributed by atoms with Crippen LogP contribution in [0.15, 0.2) is 42.9 Å². The van der Waals surface area contributed by atoms with E-state index in [9.17, 15) is 18.8 Å². The van der Waals surface area contributed by atoms with Gasteiger partial charge >= 0.3 is 5.62 Å². The standard InChI is InChI=1S/C30H38N9O7S/c1-36-22(18-33-30(36)39(40)41)19-38(47(3,42)43)21-15-24-25(32-17-21)16-27(37-11-13-45-14-12-37)35-29(24)46-23-8-6-20(7-9-23)34-28-26(44-2)5-4-10-31-28/h4-5,10,15-18,20,23,33H,6-9,11-14,19H2,1-3H3,(H-,31,34,40,41)/q-1. The van der Waals surface area contributed by atoms with Crippen molar-refractivity contribution in [3.63, 3.8) is 0 Å². The van der Waals surface area contributed by atoms with Gasteiger partial charge in [0.2, 0.25) is 15.9 Å². The van der Waals surface area contributed by atoms with Crippen LogP contribution in [0.4, 0.5) is 17.3 Å². The zero-order valence-electron chi connectivity index (χ0n) is 26.5. The van der Waals surface area contributed by atoms with Gasteiger partial charge < -0.3 is 34.8 Å². The quantitative estimate of drug-likeness (QED) is 0.235. The highest BCUT2D eigenvalue weighted by Gasteiger charge is 2.27. The fourth-order valence-corrected chi connectivity index (χ4v) is 6.79. The molecular weight excluding hydrogens is 630 g/mol. The van der Waals surface area contributed by atoms with E-state index in [0.717, 1.165) is 36.2 Å². The summed E-state index contributed by atoms with van der Waals surface area (Å²) in [5.41, 5.74) is 1.03. The van der Waals surface area contributed by atoms with E-state index in [1.165, 1.54) is 24.0 Å². The third kappa shape index (κ3) is 7.15. The number of H-pyrrole nitrogens is 1. The van der Waals surface area contributed by atoms with Crippen LogP contribution >= 0.6 is 0 Å². The number of nitrogens with one attached hydrogen (secondary N) is 2. The van der Waals surface area contributed by atoms with Crippen LogP contribution in [-0.2, 0) is 28.4 Å². The van der Waals surface area contributed by atoms with E-state index in [0.29, 0.717) is 66.2 Å². The Hall–Kier alpha value is -4.77. The molecule has 2 fully saturated rings. The van der Waals surface area contributed by atoms with Gasteiger partial charge in [-0.2, -0.15) is 4.98 Å². The van der Waals surface area contributed by atoms with Gasteiger partial charge in [0.25, 0.3) is 0 Å². The van der Waals surface area contributed by atoms with Crippen molar-refractivity contribution in [1.82, 2.24) is 29.4 Å². The molecule has 0 radical (unpaired) electrons. The number of rotatable bonds is 10. The topological polar surface area (TPSA) is 189 Å². The van der Waals surface area contributed by atoms with Crippen LogP contribution in [0.25, 0.3) is 10.9 Å². The first-order valence-electron chi connectivity index (χ1n) is 15.3. The second kappa shape index (κ2) is 13.5. The molecule has 1 saturated heterocycles. The van der Waals surface area contributed by atoms with Crippen LogP contribution in [0.1, 0.15) is 31.4 Å². The molecule has 0 bridgehead atoms. The third-order valence-electron chi connectivity index (χ3n) is 8.52. The minimum atomic E-state index is -3.82. The normalized spacial score (nSPS) is 18.6. The molecule has 0 spiro atoms. The van der Waals surface area contributed by atoms with Crippen LogP contribution < -0.4 is 34.5 Å². The largest absolute Gasteiger partial charge is 0.744 e. The summed E-state index contributed by atoms with van der Waals surface area (Å²) in [4.78, 5) is 18.2. The van der Waals surface area contributed by atoms with E-state index >= 15 is 0 Å². The molecule has 0 amide bonds. The van der Waals surface area contributed by atoms with Gasteiger partial charge in [-0.15, -0.1) is 0 Å². The van der Waals surface area contributed by atoms with E-state index in [2.05, 4.69) is 25.2 Å². The van der Waals surface area contributed by atoms with E-state index in [-0.39, 0.29) is 30.0 Å². The number of fused-ring (bicyclic) bond motifs is 1. The average Bonchev–Trinajstić information content (AvgIpc) is 3.44. The summed E-state index contributed by atoms with van der Waals surface area (Å²) in [6, 6.07) is 7.48. The lowest BCUT2D eigenvalue weighted by Gasteiger charge is -2.31. The van der Waals surface area contributed by atoms with E-state index in [1.54, 1.807) is 19.4 Å². The molecule has 0 aromatic carbocycles. The number of hydrogen-bond acceptors (Lipinski definition) is 12. The van der Waals surface area contributed by atoms with E-state index in [1.807, 2.05) is 18.2 Å². The fraction of sp³-hybridized carbons (Fsp3) is 0.467. The summed E-state index contributed by atoms with van der Waals surface area (Å²) >= 11 is 0. The maximum absolute atomic E-state index is 13.0. The number of anilines is 3. The van der Waals surface area contributed by atoms with Crippen molar-refractivity contribution >= 4 is 38.2 Å². The minimum Gasteiger partial charge on any atom is -0.744 e. The van der Waals surface area contributed by atoms with Crippen molar-refractivity contribution in [3.8, 4) is 11.6 Å². The van der Waals surface area contributed by atoms with Crippen molar-refractivity contribution in [2.24, 2.45) is 7.05 Å². The average molecular weight is 669 g/mol. The van der Waals surface area contributed by atoms with Crippen LogP contribution in [-0.4, -0.2) is 84.7 Å². The first kappa shape index (κ1) is 32.2. The Morgan fingerprint density at radius 3 is 2.62 bits per heavy atom. The second-order valence-corrected chi connectivity index (χ2v) is 13.5. The SMILES string of the molecule is COc1cccnc1NC1CCC(Oc2nc(N3CCOCC3)cc3ncc(N(Cc4c[nH]c(=[N+]([O-])[O-])n4C)S(C)(=O)=O)cc23)CC1. The van der Waals surface area contributed by atoms with Gasteiger partial charge in [0.05, 0.1) is 69.2 Å². The van der Waals surface area contributed by atoms with Crippen molar-refractivity contribution in [1.29, 1.82) is 0 Å². The molecule has 0 atom stereocenters. The number of morpholine rings is 1. The van der Waals surface area contributed by atoms with Gasteiger partial charge in [-0.1, -0.05) is 0 Å². The maximum atomic E-state index is 13.0. The summed E-state index contributed by atoms with van der Waals surface area (Å²) in [5.74, 6) is 2.48. The van der Waals surface area contributed by atoms with Gasteiger partial charge in [0.15, 0.2) is 11.6 Å². The first-order valence-corrected chi connectivity index (χ1v) is 17.2. The molecule has 17 heteroatoms. The molecule has 47 heavy (non-hydrogen) atoms. The molecule has 0 unspecified atom stereocenters. The summed E-state index contributed by atoms with van der Waals surface area (Å²) in [6.07, 6.45) is 8.82. The number of hydrogen-bond donors (Lipinski definition) is 2. The Morgan fingerprint density at radius 1 is 1.17 bits per heavy atom. The predicted octanol–water partition coefficient (Wildman–Crippen LogP) is 2.07. The molecule has 252 valence electrons. The van der Waals surface area contributed by atoms with Gasteiger partial charge in [0, 0.05) is 31.4 Å². The van der Waals surface area contributed by atoms with Crippen LogP contribution in [0.2, 0.25) is 0 Å². The minimum absolute atomic E-state index is 0.122. The molecule has 4 aromatic rings. The van der Waals surface area contributed by atoms with Gasteiger partial charge in [0.1, 0.15) is 17.6 Å². The summed E-state index contributed by atoms with van der Waals surface area (Å²) in [7, 11) is -0.698. The lowest BCUT2D eigenvalue weighted by molar-refractivity contribution is 0.122. The van der Waals surface area contributed by atoms with Gasteiger partial charge in [-0.05, 0) is 43.9 Å². The van der Waals surface area contributed by atoms with E-state index in [4.69, 9.17) is 19.2 Å². The number of nitrogens with zero attached hydrogens (tertiary/aromatic N) is 7. The van der Waals surface area contributed by atoms with Crippen molar-refractivity contribution in [2.75, 3.05) is 54.2 Å². The summed E-state index contributed by atoms with van der Waals surface area (Å²) in [6.45, 7) is 2.36. The van der Waals surface area contributed by atoms with Gasteiger partial charge in [-0.3, -0.25) is 14.2 Å². The highest BCUT2D eigenvalue weighted by atomic mass is 32.2. The summed E-state index contributed by atoms with van der Waals surface area (Å²) < 4.78 is 46.1. The Bertz CT molecular complexity index is 1900. The molecule has 2 N–H and O–H groups in total. The second-order valence-electron chi connectivity index (χ2n) is 11.6. The number of methoxy groups -OCH3 is 1. The molecule has 2 aliphatic rings. The highest BCUT2D eigenvalue weighted by Crippen LogP contribution is 2.35. The van der Waals surface area contributed by atoms with Crippen molar-refractivity contribution < 1.29 is 22.6 Å². The zero-order valence-corrected chi connectivity index (χ0v) is 27.3. The van der Waals surface area contributed by atoms with Crippen molar-refractivity contribution in [2.45, 2.75) is 44.4 Å². The fourth-order valence-electron chi connectivity index (χ4n) is 5.94. The number of pyridine rings is 3. The predicted molar refractivity (Wildman–Crippen MR) is 176 cm³/mol. The first-order chi connectivity index (χ1) is 22.6. The number of sulfonamides is 1. The number of imidazole rings is 1. The molecule has 4 aromatic heterocycles. The lowest BCUT2D eigenvalue weighted by atomic mass is 9.93. The zero-order chi connectivity index (χ0) is 33.1. The molecule has 5 heterocycles. The van der Waals surface area contributed by atoms with Crippen LogP contribution in [0.5, 0.6) is 11.6 Å². The smallest absolute Gasteiger partial charge is 0.358 e. The Morgan fingerprint density at radius 2 is 1.94 bits per heavy atom. The number of aromatic nitrogens is 5. The molecule has 1 aliphatic heterocycles. The molecule has 16 nitrogen and oxygen atoms in total. The van der Waals surface area contributed by atoms with Crippen LogP contribution in [0, 0.1) is 10.4 Å². The Kier molecular flexibility index (Phi) is 9.26. The maximum Gasteiger partial charge on any atom is 0.358 e. The molecule has 6 rings (SSSR count). The molecule has 1 saturated carbocycles. The molecular formula is C30H38N9O7S-.